The molecule has 2 aromatic rings. The fourth-order valence-corrected chi connectivity index (χ4v) is 2.57. The smallest absolute Gasteiger partial charge is 0.272 e. The van der Waals surface area contributed by atoms with Gasteiger partial charge in [-0.15, -0.1) is 0 Å². The molecule has 0 aliphatic rings. The van der Waals surface area contributed by atoms with Crippen LogP contribution in [0.25, 0.3) is 0 Å². The van der Waals surface area contributed by atoms with Gasteiger partial charge in [0.2, 0.25) is 5.75 Å². The molecule has 0 radical (unpaired) electrons. The molecule has 0 bridgehead atoms. The highest BCUT2D eigenvalue weighted by Gasteiger charge is 2.13. The van der Waals surface area contributed by atoms with Gasteiger partial charge in [-0.25, -0.2) is 5.43 Å². The van der Waals surface area contributed by atoms with Crippen LogP contribution >= 0.6 is 23.2 Å². The minimum absolute atomic E-state index is 0.244. The van der Waals surface area contributed by atoms with Crippen molar-refractivity contribution in [3.63, 3.8) is 0 Å². The number of benzene rings is 2. The topological polar surface area (TPSA) is 69.2 Å². The molecule has 0 atom stereocenters. The van der Waals surface area contributed by atoms with Crippen LogP contribution in [0.3, 0.4) is 0 Å². The number of halogens is 2. The predicted octanol–water partition coefficient (Wildman–Crippen LogP) is 3.78. The molecule has 1 amide bonds. The van der Waals surface area contributed by atoms with Gasteiger partial charge in [0.15, 0.2) is 11.5 Å². The molecule has 0 aliphatic heterocycles. The van der Waals surface area contributed by atoms with Gasteiger partial charge in [0.1, 0.15) is 0 Å². The largest absolute Gasteiger partial charge is 0.493 e. The number of carbonyl (C=O) groups excluding carboxylic acids is 1. The molecule has 0 saturated carbocycles. The summed E-state index contributed by atoms with van der Waals surface area (Å²) < 4.78 is 15.8. The standard InChI is InChI=1S/C17H16Cl2N2O4/c1-23-14-6-10(7-15(24-2)16(14)25-3)9-20-21-17(22)12-5-4-11(18)8-13(12)19/h4-9H,1-3H3,(H,21,22). The summed E-state index contributed by atoms with van der Waals surface area (Å²) in [5, 5.41) is 4.61. The molecule has 0 heterocycles. The Balaban J connectivity index is 2.17. The van der Waals surface area contributed by atoms with E-state index < -0.39 is 5.91 Å². The molecule has 2 rings (SSSR count). The molecule has 0 unspecified atom stereocenters. The van der Waals surface area contributed by atoms with Gasteiger partial charge in [-0.05, 0) is 30.3 Å². The van der Waals surface area contributed by atoms with E-state index in [1.165, 1.54) is 39.7 Å². The van der Waals surface area contributed by atoms with E-state index in [0.717, 1.165) is 0 Å². The average molecular weight is 383 g/mol. The van der Waals surface area contributed by atoms with Gasteiger partial charge in [-0.2, -0.15) is 5.10 Å². The van der Waals surface area contributed by atoms with Crippen LogP contribution in [-0.2, 0) is 0 Å². The normalized spacial score (nSPS) is 10.6. The van der Waals surface area contributed by atoms with Crippen LogP contribution in [-0.4, -0.2) is 33.5 Å². The van der Waals surface area contributed by atoms with Crippen LogP contribution < -0.4 is 19.6 Å². The highest BCUT2D eigenvalue weighted by atomic mass is 35.5. The van der Waals surface area contributed by atoms with Crippen molar-refractivity contribution in [1.29, 1.82) is 0 Å². The summed E-state index contributed by atoms with van der Waals surface area (Å²) in [7, 11) is 4.55. The lowest BCUT2D eigenvalue weighted by molar-refractivity contribution is 0.0955. The Kier molecular flexibility index (Phi) is 6.50. The second-order valence-electron chi connectivity index (χ2n) is 4.78. The molecule has 8 heteroatoms. The third-order valence-electron chi connectivity index (χ3n) is 3.24. The maximum absolute atomic E-state index is 12.1. The van der Waals surface area contributed by atoms with E-state index in [2.05, 4.69) is 10.5 Å². The van der Waals surface area contributed by atoms with E-state index >= 15 is 0 Å². The Bertz CT molecular complexity index is 784. The SMILES string of the molecule is COc1cc(C=NNC(=O)c2ccc(Cl)cc2Cl)cc(OC)c1OC. The number of methoxy groups -OCH3 is 3. The van der Waals surface area contributed by atoms with Crippen molar-refractivity contribution in [2.24, 2.45) is 5.10 Å². The molecule has 0 aliphatic carbocycles. The summed E-state index contributed by atoms with van der Waals surface area (Å²) in [5.74, 6) is 0.982. The maximum atomic E-state index is 12.1. The quantitative estimate of drug-likeness (QED) is 0.609. The highest BCUT2D eigenvalue weighted by molar-refractivity contribution is 6.36. The monoisotopic (exact) mass is 382 g/mol. The highest BCUT2D eigenvalue weighted by Crippen LogP contribution is 2.37. The first kappa shape index (κ1) is 18.9. The molecule has 25 heavy (non-hydrogen) atoms. The minimum Gasteiger partial charge on any atom is -0.493 e. The second-order valence-corrected chi connectivity index (χ2v) is 5.63. The molecular formula is C17H16Cl2N2O4. The van der Waals surface area contributed by atoms with E-state index in [1.807, 2.05) is 0 Å². The van der Waals surface area contributed by atoms with Crippen LogP contribution in [0.15, 0.2) is 35.4 Å². The zero-order valence-corrected chi connectivity index (χ0v) is 15.3. The maximum Gasteiger partial charge on any atom is 0.272 e. The fraction of sp³-hybridized carbons (Fsp3) is 0.176. The first-order valence-electron chi connectivity index (χ1n) is 7.08. The number of amides is 1. The average Bonchev–Trinajstić information content (AvgIpc) is 2.60. The van der Waals surface area contributed by atoms with E-state index in [0.29, 0.717) is 27.8 Å². The molecule has 6 nitrogen and oxygen atoms in total. The summed E-state index contributed by atoms with van der Waals surface area (Å²) in [5.41, 5.74) is 3.32. The Labute approximate surface area is 155 Å². The number of ether oxygens (including phenoxy) is 3. The fourth-order valence-electron chi connectivity index (χ4n) is 2.08. The number of nitrogens with zero attached hydrogens (tertiary/aromatic N) is 1. The number of hydrogen-bond donors (Lipinski definition) is 1. The van der Waals surface area contributed by atoms with E-state index in [-0.39, 0.29) is 10.6 Å². The molecule has 2 aromatic carbocycles. The third kappa shape index (κ3) is 4.55. The van der Waals surface area contributed by atoms with E-state index in [9.17, 15) is 4.79 Å². The summed E-state index contributed by atoms with van der Waals surface area (Å²) in [6.07, 6.45) is 1.45. The molecule has 1 N–H and O–H groups in total. The molecule has 0 aromatic heterocycles. The number of carbonyl (C=O) groups is 1. The first-order valence-corrected chi connectivity index (χ1v) is 7.84. The Morgan fingerprint density at radius 3 is 2.20 bits per heavy atom. The van der Waals surface area contributed by atoms with Gasteiger partial charge in [-0.3, -0.25) is 4.79 Å². The summed E-state index contributed by atoms with van der Waals surface area (Å²) in [6.45, 7) is 0. The minimum atomic E-state index is -0.453. The van der Waals surface area contributed by atoms with Crippen LogP contribution in [0.1, 0.15) is 15.9 Å². The zero-order chi connectivity index (χ0) is 18.4. The number of hydrogen-bond acceptors (Lipinski definition) is 5. The van der Waals surface area contributed by atoms with Gasteiger partial charge in [0.25, 0.3) is 5.91 Å². The van der Waals surface area contributed by atoms with Crippen LogP contribution in [0.4, 0.5) is 0 Å². The Morgan fingerprint density at radius 2 is 1.68 bits per heavy atom. The summed E-state index contributed by atoms with van der Waals surface area (Å²) in [6, 6.07) is 7.99. The molecule has 132 valence electrons. The van der Waals surface area contributed by atoms with E-state index in [1.54, 1.807) is 18.2 Å². The summed E-state index contributed by atoms with van der Waals surface area (Å²) in [4.78, 5) is 12.1. The number of hydrazone groups is 1. The van der Waals surface area contributed by atoms with Crippen molar-refractivity contribution in [3.05, 3.63) is 51.5 Å². The lowest BCUT2D eigenvalue weighted by Crippen LogP contribution is -2.18. The van der Waals surface area contributed by atoms with Gasteiger partial charge < -0.3 is 14.2 Å². The van der Waals surface area contributed by atoms with Crippen molar-refractivity contribution < 1.29 is 19.0 Å². The Morgan fingerprint density at radius 1 is 1.04 bits per heavy atom. The van der Waals surface area contributed by atoms with Crippen molar-refractivity contribution >= 4 is 35.3 Å². The van der Waals surface area contributed by atoms with Crippen LogP contribution in [0, 0.1) is 0 Å². The van der Waals surface area contributed by atoms with Crippen molar-refractivity contribution in [3.8, 4) is 17.2 Å². The number of rotatable bonds is 6. The summed E-state index contributed by atoms with van der Waals surface area (Å²) >= 11 is 11.8. The molecule has 0 spiro atoms. The van der Waals surface area contributed by atoms with Gasteiger partial charge in [0, 0.05) is 10.6 Å². The Hall–Kier alpha value is -2.44. The van der Waals surface area contributed by atoms with Crippen molar-refractivity contribution in [2.45, 2.75) is 0 Å². The van der Waals surface area contributed by atoms with Gasteiger partial charge in [0.05, 0.1) is 38.1 Å². The first-order chi connectivity index (χ1) is 12.0. The van der Waals surface area contributed by atoms with Crippen molar-refractivity contribution in [1.82, 2.24) is 5.43 Å². The van der Waals surface area contributed by atoms with Gasteiger partial charge in [-0.1, -0.05) is 23.2 Å². The predicted molar refractivity (Wildman–Crippen MR) is 97.6 cm³/mol. The zero-order valence-electron chi connectivity index (χ0n) is 13.8. The second kappa shape index (κ2) is 8.60. The van der Waals surface area contributed by atoms with Crippen molar-refractivity contribution in [2.75, 3.05) is 21.3 Å². The van der Waals surface area contributed by atoms with Crippen LogP contribution in [0.2, 0.25) is 10.0 Å². The number of nitrogens with one attached hydrogen (secondary N) is 1. The molecule has 0 fully saturated rings. The van der Waals surface area contributed by atoms with E-state index in [4.69, 9.17) is 37.4 Å². The third-order valence-corrected chi connectivity index (χ3v) is 3.79. The molecular weight excluding hydrogens is 367 g/mol. The van der Waals surface area contributed by atoms with Gasteiger partial charge >= 0.3 is 0 Å². The lowest BCUT2D eigenvalue weighted by Gasteiger charge is -2.12. The van der Waals surface area contributed by atoms with Crippen LogP contribution in [0.5, 0.6) is 17.2 Å². The molecule has 0 saturated heterocycles. The lowest BCUT2D eigenvalue weighted by atomic mass is 10.2.